The third-order valence-electron chi connectivity index (χ3n) is 5.05. The van der Waals surface area contributed by atoms with Gasteiger partial charge in [-0.25, -0.2) is 4.79 Å². The van der Waals surface area contributed by atoms with Crippen LogP contribution in [-0.4, -0.2) is 65.6 Å². The molecule has 1 saturated heterocycles. The lowest BCUT2D eigenvalue weighted by molar-refractivity contribution is -0.139. The first-order chi connectivity index (χ1) is 13.4. The van der Waals surface area contributed by atoms with Gasteiger partial charge in [-0.3, -0.25) is 19.9 Å². The SMILES string of the molecule is CCN(CC(=O)NN1C(=O)NC(C)(CC)C1=O)CC1COc2ccccc2O1. The van der Waals surface area contributed by atoms with Gasteiger partial charge in [-0.05, 0) is 32.0 Å². The lowest BCUT2D eigenvalue weighted by atomic mass is 10.00. The molecular weight excluding hydrogens is 364 g/mol. The minimum Gasteiger partial charge on any atom is -0.486 e. The molecule has 2 atom stereocenters. The molecule has 0 aliphatic carbocycles. The summed E-state index contributed by atoms with van der Waals surface area (Å²) in [4.78, 5) is 38.7. The topological polar surface area (TPSA) is 100 Å². The second-order valence-electron chi connectivity index (χ2n) is 7.12. The third kappa shape index (κ3) is 4.04. The highest BCUT2D eigenvalue weighted by Gasteiger charge is 2.47. The molecule has 9 heteroatoms. The normalized spacial score (nSPS) is 23.7. The first kappa shape index (κ1) is 19.9. The van der Waals surface area contributed by atoms with Crippen LogP contribution in [0.4, 0.5) is 4.79 Å². The van der Waals surface area contributed by atoms with Gasteiger partial charge >= 0.3 is 6.03 Å². The second-order valence-corrected chi connectivity index (χ2v) is 7.12. The van der Waals surface area contributed by atoms with Gasteiger partial charge in [-0.15, -0.1) is 0 Å². The molecule has 9 nitrogen and oxygen atoms in total. The summed E-state index contributed by atoms with van der Waals surface area (Å²) in [6.45, 7) is 6.84. The number of nitrogens with one attached hydrogen (secondary N) is 2. The highest BCUT2D eigenvalue weighted by molar-refractivity contribution is 6.07. The maximum absolute atomic E-state index is 12.4. The molecule has 2 heterocycles. The maximum atomic E-state index is 12.4. The van der Waals surface area contributed by atoms with E-state index in [0.29, 0.717) is 37.6 Å². The fourth-order valence-electron chi connectivity index (χ4n) is 3.14. The summed E-state index contributed by atoms with van der Waals surface area (Å²) in [6, 6.07) is 6.82. The largest absolute Gasteiger partial charge is 0.486 e. The van der Waals surface area contributed by atoms with E-state index in [0.717, 1.165) is 5.01 Å². The average Bonchev–Trinajstić information content (AvgIpc) is 2.91. The smallest absolute Gasteiger partial charge is 0.344 e. The molecule has 4 amide bonds. The van der Waals surface area contributed by atoms with Gasteiger partial charge in [0.25, 0.3) is 11.8 Å². The molecule has 152 valence electrons. The Balaban J connectivity index is 1.54. The molecule has 28 heavy (non-hydrogen) atoms. The predicted octanol–water partition coefficient (Wildman–Crippen LogP) is 0.900. The number of fused-ring (bicyclic) bond motifs is 1. The van der Waals surface area contributed by atoms with Crippen LogP contribution in [0.25, 0.3) is 0 Å². The minimum absolute atomic E-state index is 0.0257. The predicted molar refractivity (Wildman–Crippen MR) is 101 cm³/mol. The molecule has 2 unspecified atom stereocenters. The van der Waals surface area contributed by atoms with E-state index in [4.69, 9.17) is 9.47 Å². The monoisotopic (exact) mass is 390 g/mol. The van der Waals surface area contributed by atoms with E-state index in [1.54, 1.807) is 13.8 Å². The number of hydrogen-bond donors (Lipinski definition) is 2. The van der Waals surface area contributed by atoms with E-state index in [-0.39, 0.29) is 12.6 Å². The molecule has 0 spiro atoms. The number of ether oxygens (including phenoxy) is 2. The molecule has 0 radical (unpaired) electrons. The Morgan fingerprint density at radius 3 is 2.68 bits per heavy atom. The lowest BCUT2D eigenvalue weighted by Gasteiger charge is -2.30. The van der Waals surface area contributed by atoms with Crippen LogP contribution in [0.2, 0.25) is 0 Å². The number of imide groups is 1. The number of hydrogen-bond acceptors (Lipinski definition) is 6. The van der Waals surface area contributed by atoms with Gasteiger partial charge in [0.15, 0.2) is 11.5 Å². The third-order valence-corrected chi connectivity index (χ3v) is 5.05. The van der Waals surface area contributed by atoms with Crippen LogP contribution < -0.4 is 20.2 Å². The number of benzene rings is 1. The van der Waals surface area contributed by atoms with Crippen LogP contribution in [0.1, 0.15) is 27.2 Å². The number of para-hydroxylation sites is 2. The van der Waals surface area contributed by atoms with Crippen molar-refractivity contribution in [2.75, 3.05) is 26.2 Å². The van der Waals surface area contributed by atoms with E-state index in [2.05, 4.69) is 10.7 Å². The minimum atomic E-state index is -0.991. The Bertz CT molecular complexity index is 770. The van der Waals surface area contributed by atoms with E-state index in [1.807, 2.05) is 36.1 Å². The van der Waals surface area contributed by atoms with Gasteiger partial charge in [0.2, 0.25) is 0 Å². The Labute approximate surface area is 163 Å². The Hall–Kier alpha value is -2.81. The number of carbonyl (C=O) groups is 3. The highest BCUT2D eigenvalue weighted by Crippen LogP contribution is 2.31. The van der Waals surface area contributed by atoms with Gasteiger partial charge in [0.05, 0.1) is 6.54 Å². The number of rotatable bonds is 7. The zero-order valence-electron chi connectivity index (χ0n) is 16.4. The summed E-state index contributed by atoms with van der Waals surface area (Å²) in [5, 5.41) is 3.36. The Morgan fingerprint density at radius 1 is 1.32 bits per heavy atom. The quantitative estimate of drug-likeness (QED) is 0.671. The molecule has 2 aliphatic heterocycles. The molecular formula is C19H26N4O5. The van der Waals surface area contributed by atoms with Crippen LogP contribution in [-0.2, 0) is 9.59 Å². The zero-order chi connectivity index (χ0) is 20.3. The van der Waals surface area contributed by atoms with Crippen molar-refractivity contribution in [1.82, 2.24) is 20.7 Å². The van der Waals surface area contributed by atoms with Gasteiger partial charge in [0, 0.05) is 6.54 Å². The molecule has 1 aromatic rings. The zero-order valence-corrected chi connectivity index (χ0v) is 16.4. The number of likely N-dealkylation sites (N-methyl/N-ethyl adjacent to an activating group) is 1. The number of nitrogens with zero attached hydrogens (tertiary/aromatic N) is 2. The lowest BCUT2D eigenvalue weighted by Crippen LogP contribution is -2.52. The van der Waals surface area contributed by atoms with Crippen molar-refractivity contribution in [3.05, 3.63) is 24.3 Å². The van der Waals surface area contributed by atoms with Gasteiger partial charge in [-0.1, -0.05) is 26.0 Å². The van der Waals surface area contributed by atoms with Crippen molar-refractivity contribution < 1.29 is 23.9 Å². The van der Waals surface area contributed by atoms with E-state index in [1.165, 1.54) is 0 Å². The molecule has 0 saturated carbocycles. The molecule has 2 N–H and O–H groups in total. The summed E-state index contributed by atoms with van der Waals surface area (Å²) in [5.74, 6) is 0.481. The molecule has 3 rings (SSSR count). The summed E-state index contributed by atoms with van der Waals surface area (Å²) in [6.07, 6.45) is 0.216. The standard InChI is InChI=1S/C19H26N4O5/c1-4-19(3)17(25)23(18(26)20-19)21-16(24)11-22(5-2)10-13-12-27-14-8-6-7-9-15(14)28-13/h6-9,13H,4-5,10-12H2,1-3H3,(H,20,26)(H,21,24). The van der Waals surface area contributed by atoms with E-state index >= 15 is 0 Å². The van der Waals surface area contributed by atoms with Gasteiger partial charge in [0.1, 0.15) is 18.2 Å². The van der Waals surface area contributed by atoms with E-state index < -0.39 is 23.4 Å². The summed E-state index contributed by atoms with van der Waals surface area (Å²) in [5.41, 5.74) is 1.41. The molecule has 0 bridgehead atoms. The Kier molecular flexibility index (Phi) is 5.73. The molecule has 1 fully saturated rings. The second kappa shape index (κ2) is 8.05. The summed E-state index contributed by atoms with van der Waals surface area (Å²) >= 11 is 0. The summed E-state index contributed by atoms with van der Waals surface area (Å²) < 4.78 is 11.6. The van der Waals surface area contributed by atoms with Crippen LogP contribution in [0.15, 0.2) is 24.3 Å². The fourth-order valence-corrected chi connectivity index (χ4v) is 3.14. The van der Waals surface area contributed by atoms with Gasteiger partial charge in [-0.2, -0.15) is 5.01 Å². The van der Waals surface area contributed by atoms with Crippen molar-refractivity contribution in [3.8, 4) is 11.5 Å². The first-order valence-corrected chi connectivity index (χ1v) is 9.43. The summed E-state index contributed by atoms with van der Waals surface area (Å²) in [7, 11) is 0. The molecule has 2 aliphatic rings. The van der Waals surface area contributed by atoms with Crippen molar-refractivity contribution in [2.45, 2.75) is 38.8 Å². The molecule has 1 aromatic carbocycles. The van der Waals surface area contributed by atoms with Crippen LogP contribution in [0.5, 0.6) is 11.5 Å². The van der Waals surface area contributed by atoms with Crippen LogP contribution >= 0.6 is 0 Å². The average molecular weight is 390 g/mol. The van der Waals surface area contributed by atoms with E-state index in [9.17, 15) is 14.4 Å². The number of carbonyl (C=O) groups excluding carboxylic acids is 3. The van der Waals surface area contributed by atoms with Crippen molar-refractivity contribution >= 4 is 17.8 Å². The number of hydrazine groups is 1. The van der Waals surface area contributed by atoms with Crippen molar-refractivity contribution in [2.24, 2.45) is 0 Å². The molecule has 0 aromatic heterocycles. The van der Waals surface area contributed by atoms with Crippen LogP contribution in [0, 0.1) is 0 Å². The number of urea groups is 1. The maximum Gasteiger partial charge on any atom is 0.344 e. The first-order valence-electron chi connectivity index (χ1n) is 9.43. The van der Waals surface area contributed by atoms with Gasteiger partial charge < -0.3 is 14.8 Å². The number of amides is 4. The van der Waals surface area contributed by atoms with Crippen LogP contribution in [0.3, 0.4) is 0 Å². The fraction of sp³-hybridized carbons (Fsp3) is 0.526. The van der Waals surface area contributed by atoms with Crippen molar-refractivity contribution in [3.63, 3.8) is 0 Å². The Morgan fingerprint density at radius 2 is 2.04 bits per heavy atom. The highest BCUT2D eigenvalue weighted by atomic mass is 16.6. The van der Waals surface area contributed by atoms with Crippen molar-refractivity contribution in [1.29, 1.82) is 0 Å².